The van der Waals surface area contributed by atoms with Crippen molar-refractivity contribution in [3.05, 3.63) is 51.6 Å². The van der Waals surface area contributed by atoms with Crippen LogP contribution in [0, 0.1) is 23.7 Å². The largest absolute Gasteiger partial charge is 0.497 e. The summed E-state index contributed by atoms with van der Waals surface area (Å²) >= 11 is 2.32. The van der Waals surface area contributed by atoms with E-state index in [4.69, 9.17) is 37.9 Å². The fourth-order valence-electron chi connectivity index (χ4n) is 5.26. The highest BCUT2D eigenvalue weighted by molar-refractivity contribution is 14.1. The maximum atomic E-state index is 12.6. The lowest BCUT2D eigenvalue weighted by atomic mass is 9.85. The molecule has 1 aliphatic heterocycles. The molecule has 1 heterocycles. The van der Waals surface area contributed by atoms with Gasteiger partial charge in [-0.05, 0) is 52.2 Å². The quantitative estimate of drug-likeness (QED) is 0.0785. The molecule has 9 atom stereocenters. The molecule has 1 aromatic carbocycles. The number of allylic oxidation sites excluding steroid dienone is 1. The Morgan fingerprint density at radius 1 is 0.952 bits per heavy atom. The lowest BCUT2D eigenvalue weighted by Crippen LogP contribution is -2.47. The minimum Gasteiger partial charge on any atom is -0.497 e. The van der Waals surface area contributed by atoms with Crippen molar-refractivity contribution in [2.75, 3.05) is 42.0 Å². The number of ether oxygens (including phenoxy) is 8. The molecule has 0 radical (unpaired) electrons. The van der Waals surface area contributed by atoms with Crippen molar-refractivity contribution in [3.63, 3.8) is 0 Å². The number of esters is 1. The Kier molecular flexibility index (Phi) is 16.6. The molecule has 238 valence electrons. The van der Waals surface area contributed by atoms with E-state index in [2.05, 4.69) is 55.5 Å². The van der Waals surface area contributed by atoms with Gasteiger partial charge < -0.3 is 37.9 Å². The number of benzene rings is 1. The molecule has 0 aromatic heterocycles. The molecular weight excluding hydrogens is 655 g/mol. The van der Waals surface area contributed by atoms with E-state index < -0.39 is 18.3 Å². The van der Waals surface area contributed by atoms with Crippen LogP contribution in [0.25, 0.3) is 0 Å². The molecule has 0 N–H and O–H groups in total. The minimum absolute atomic E-state index is 0.0722. The van der Waals surface area contributed by atoms with Gasteiger partial charge in [0.15, 0.2) is 6.29 Å². The molecule has 0 aliphatic carbocycles. The highest BCUT2D eigenvalue weighted by Gasteiger charge is 2.43. The Morgan fingerprint density at radius 3 is 2.17 bits per heavy atom. The topological polar surface area (TPSA) is 90.9 Å². The van der Waals surface area contributed by atoms with E-state index in [0.29, 0.717) is 6.42 Å². The molecule has 0 saturated carbocycles. The smallest absolute Gasteiger partial charge is 0.311 e. The zero-order chi connectivity index (χ0) is 31.2. The third-order valence-corrected chi connectivity index (χ3v) is 7.90. The fraction of sp³-hybridized carbons (Fsp3) is 0.656. The van der Waals surface area contributed by atoms with Gasteiger partial charge in [0.1, 0.15) is 19.3 Å². The van der Waals surface area contributed by atoms with Crippen LogP contribution in [0.2, 0.25) is 0 Å². The highest BCUT2D eigenvalue weighted by atomic mass is 127. The Hall–Kier alpha value is -1.54. The van der Waals surface area contributed by atoms with Crippen molar-refractivity contribution < 1.29 is 42.7 Å². The second kappa shape index (κ2) is 19.0. The molecule has 42 heavy (non-hydrogen) atoms. The second-order valence-corrected chi connectivity index (χ2v) is 12.5. The Morgan fingerprint density at radius 2 is 1.60 bits per heavy atom. The number of halogens is 1. The van der Waals surface area contributed by atoms with Crippen molar-refractivity contribution in [2.45, 2.75) is 71.7 Å². The van der Waals surface area contributed by atoms with Crippen LogP contribution in [0.1, 0.15) is 52.9 Å². The summed E-state index contributed by atoms with van der Waals surface area (Å²) in [4.78, 5) is 12.6. The highest BCUT2D eigenvalue weighted by Crippen LogP contribution is 2.39. The third-order valence-electron chi connectivity index (χ3n) is 7.54. The van der Waals surface area contributed by atoms with E-state index in [-0.39, 0.29) is 55.6 Å². The molecule has 2 rings (SSSR count). The molecule has 0 bridgehead atoms. The summed E-state index contributed by atoms with van der Waals surface area (Å²) in [5.41, 5.74) is 0.832. The monoisotopic (exact) mass is 704 g/mol. The molecule has 1 fully saturated rings. The molecule has 0 amide bonds. The molecule has 9 nitrogen and oxygen atoms in total. The summed E-state index contributed by atoms with van der Waals surface area (Å²) in [6.07, 6.45) is 5.11. The van der Waals surface area contributed by atoms with Gasteiger partial charge in [0.25, 0.3) is 0 Å². The maximum Gasteiger partial charge on any atom is 0.311 e. The summed E-state index contributed by atoms with van der Waals surface area (Å²) in [5, 5.41) is 0. The van der Waals surface area contributed by atoms with Gasteiger partial charge in [0, 0.05) is 44.0 Å². The van der Waals surface area contributed by atoms with Crippen LogP contribution in [0.15, 0.2) is 46.1 Å². The first-order valence-electron chi connectivity index (χ1n) is 14.3. The zero-order valence-electron chi connectivity index (χ0n) is 26.4. The van der Waals surface area contributed by atoms with Gasteiger partial charge in [-0.2, -0.15) is 0 Å². The Labute approximate surface area is 265 Å². The van der Waals surface area contributed by atoms with Gasteiger partial charge >= 0.3 is 5.97 Å². The van der Waals surface area contributed by atoms with E-state index in [1.807, 2.05) is 44.2 Å². The van der Waals surface area contributed by atoms with Crippen LogP contribution < -0.4 is 4.74 Å². The fourth-order valence-corrected chi connectivity index (χ4v) is 5.82. The maximum absolute atomic E-state index is 12.6. The number of hydrogen-bond acceptors (Lipinski definition) is 9. The van der Waals surface area contributed by atoms with Crippen molar-refractivity contribution in [3.8, 4) is 5.75 Å². The van der Waals surface area contributed by atoms with Crippen LogP contribution in [-0.4, -0.2) is 72.4 Å². The van der Waals surface area contributed by atoms with Crippen molar-refractivity contribution >= 4 is 28.6 Å². The van der Waals surface area contributed by atoms with Crippen molar-refractivity contribution in [1.29, 1.82) is 0 Å². The van der Waals surface area contributed by atoms with Crippen molar-refractivity contribution in [2.24, 2.45) is 23.7 Å². The summed E-state index contributed by atoms with van der Waals surface area (Å²) in [5.74, 6) is 0.0531. The van der Waals surface area contributed by atoms with Gasteiger partial charge in [-0.3, -0.25) is 4.79 Å². The number of carbonyl (C=O) groups is 1. The van der Waals surface area contributed by atoms with Crippen molar-refractivity contribution in [1.82, 2.24) is 0 Å². The summed E-state index contributed by atoms with van der Waals surface area (Å²) in [7, 11) is 6.23. The first kappa shape index (κ1) is 36.7. The van der Waals surface area contributed by atoms with Crippen LogP contribution in [0.5, 0.6) is 5.75 Å². The van der Waals surface area contributed by atoms with Crippen LogP contribution in [-0.2, 0) is 38.0 Å². The molecule has 0 spiro atoms. The molecular formula is C32H49IO9. The average Bonchev–Trinajstić information content (AvgIpc) is 2.98. The minimum atomic E-state index is -0.670. The molecule has 0 unspecified atom stereocenters. The predicted molar refractivity (Wildman–Crippen MR) is 169 cm³/mol. The van der Waals surface area contributed by atoms with Gasteiger partial charge in [0.2, 0.25) is 0 Å². The van der Waals surface area contributed by atoms with Crippen LogP contribution >= 0.6 is 22.6 Å². The van der Waals surface area contributed by atoms with E-state index >= 15 is 0 Å². The second-order valence-electron chi connectivity index (χ2n) is 10.8. The normalized spacial score (nSPS) is 25.0. The van der Waals surface area contributed by atoms with Gasteiger partial charge in [-0.25, -0.2) is 0 Å². The van der Waals surface area contributed by atoms with Gasteiger partial charge in [-0.15, -0.1) is 0 Å². The molecule has 1 aromatic rings. The number of carbonyl (C=O) groups excluding carboxylic acids is 1. The SMILES string of the molecule is COCO[C@@H]([C@@H](C)/C=C\[C@H](C[C@@H]1O[C@H](c2ccc(OC)cc2)O[C@H]([C@@H](C)C(=O)OC)[C@H]1C)OCOC)[C@@H](C)/C=C(/C)I. The van der Waals surface area contributed by atoms with E-state index in [1.165, 1.54) is 10.7 Å². The number of methoxy groups -OCH3 is 4. The first-order chi connectivity index (χ1) is 20.1. The average molecular weight is 705 g/mol. The lowest BCUT2D eigenvalue weighted by molar-refractivity contribution is -0.284. The standard InChI is InChI=1S/C32H49IO9/c1-20(29(40-19-36-7)21(2)16-22(3)33)10-13-27(39-18-35-6)17-28-23(4)30(24(5)31(34)38-9)42-32(41-28)25-11-14-26(37-8)15-12-25/h10-16,20-21,23-24,27-30,32H,17-19H2,1-9H3/b13-10-,22-16-/t20-,21-,23-,24+,27+,28-,29-,30-,32-/m0/s1. The van der Waals surface area contributed by atoms with E-state index in [0.717, 1.165) is 11.3 Å². The Balaban J connectivity index is 2.33. The number of hydrogen-bond donors (Lipinski definition) is 0. The predicted octanol–water partition coefficient (Wildman–Crippen LogP) is 6.46. The zero-order valence-corrected chi connectivity index (χ0v) is 28.6. The number of rotatable bonds is 17. The van der Waals surface area contributed by atoms with Crippen LogP contribution in [0.4, 0.5) is 0 Å². The Bertz CT molecular complexity index is 979. The summed E-state index contributed by atoms with van der Waals surface area (Å²) < 4.78 is 47.1. The molecule has 1 saturated heterocycles. The summed E-state index contributed by atoms with van der Waals surface area (Å²) in [6, 6.07) is 7.54. The summed E-state index contributed by atoms with van der Waals surface area (Å²) in [6.45, 7) is 10.5. The van der Waals surface area contributed by atoms with Gasteiger partial charge in [-0.1, -0.05) is 51.1 Å². The van der Waals surface area contributed by atoms with E-state index in [9.17, 15) is 4.79 Å². The first-order valence-corrected chi connectivity index (χ1v) is 15.4. The third kappa shape index (κ3) is 11.2. The van der Waals surface area contributed by atoms with Gasteiger partial charge in [0.05, 0.1) is 44.6 Å². The van der Waals surface area contributed by atoms with E-state index in [1.54, 1.807) is 21.3 Å². The lowest BCUT2D eigenvalue weighted by Gasteiger charge is -2.43. The molecule has 1 aliphatic rings. The molecule has 10 heteroatoms. The van der Waals surface area contributed by atoms with Crippen LogP contribution in [0.3, 0.4) is 0 Å².